The molecule has 2 aliphatic rings. The first kappa shape index (κ1) is 24.8. The van der Waals surface area contributed by atoms with E-state index in [1.807, 2.05) is 4.90 Å². The van der Waals surface area contributed by atoms with Crippen molar-refractivity contribution >= 4 is 50.9 Å². The molecule has 2 heterocycles. The molecule has 0 saturated carbocycles. The summed E-state index contributed by atoms with van der Waals surface area (Å²) in [4.78, 5) is 53.8. The van der Waals surface area contributed by atoms with Gasteiger partial charge in [-0.15, -0.1) is 0 Å². The Morgan fingerprint density at radius 3 is 2.69 bits per heavy atom. The lowest BCUT2D eigenvalue weighted by molar-refractivity contribution is 0.122. The molecule has 2 aliphatic heterocycles. The van der Waals surface area contributed by atoms with E-state index in [4.69, 9.17) is 19.4 Å². The van der Waals surface area contributed by atoms with E-state index in [0.717, 1.165) is 24.6 Å². The molecular formula is C16H22FN3O9P2S. The Morgan fingerprint density at radius 1 is 1.41 bits per heavy atom. The number of hydrogen-bond donors (Lipinski definition) is 4. The van der Waals surface area contributed by atoms with Crippen molar-refractivity contribution in [2.24, 2.45) is 0 Å². The lowest BCUT2D eigenvalue weighted by Gasteiger charge is -2.29. The van der Waals surface area contributed by atoms with E-state index in [1.165, 1.54) is 11.0 Å². The molecule has 2 saturated heterocycles. The third-order valence-electron chi connectivity index (χ3n) is 4.68. The Labute approximate surface area is 187 Å². The van der Waals surface area contributed by atoms with Gasteiger partial charge >= 0.3 is 19.8 Å². The van der Waals surface area contributed by atoms with E-state index in [2.05, 4.69) is 10.1 Å². The Kier molecular flexibility index (Phi) is 8.07. The lowest BCUT2D eigenvalue weighted by Crippen LogP contribution is -2.36. The van der Waals surface area contributed by atoms with Gasteiger partial charge in [0.2, 0.25) is 8.03 Å². The lowest BCUT2D eigenvalue weighted by atomic mass is 10.2. The van der Waals surface area contributed by atoms with Crippen LogP contribution < -0.4 is 15.1 Å². The fourth-order valence-electron chi connectivity index (χ4n) is 3.17. The molecule has 0 radical (unpaired) electrons. The Morgan fingerprint density at radius 2 is 2.09 bits per heavy atom. The molecule has 0 spiro atoms. The monoisotopic (exact) mass is 513 g/mol. The van der Waals surface area contributed by atoms with Gasteiger partial charge in [-0.1, -0.05) is 0 Å². The number of ether oxygens (including phenoxy) is 2. The smallest absolute Gasteiger partial charge is 0.414 e. The van der Waals surface area contributed by atoms with E-state index in [9.17, 15) is 23.1 Å². The number of amides is 2. The van der Waals surface area contributed by atoms with Crippen LogP contribution in [0.4, 0.5) is 25.4 Å². The first-order valence-corrected chi connectivity index (χ1v) is 13.7. The predicted molar refractivity (Wildman–Crippen MR) is 115 cm³/mol. The molecular weight excluding hydrogens is 491 g/mol. The summed E-state index contributed by atoms with van der Waals surface area (Å²) in [5.41, 5.74) is -1.76. The van der Waals surface area contributed by atoms with Crippen LogP contribution in [0, 0.1) is 5.82 Å². The van der Waals surface area contributed by atoms with Crippen molar-refractivity contribution < 1.29 is 47.3 Å². The molecule has 0 aliphatic carbocycles. The summed E-state index contributed by atoms with van der Waals surface area (Å²) in [6, 6.07) is 4.41. The van der Waals surface area contributed by atoms with Gasteiger partial charge in [0, 0.05) is 24.6 Å². The average molecular weight is 513 g/mol. The van der Waals surface area contributed by atoms with Gasteiger partial charge in [-0.3, -0.25) is 14.0 Å². The van der Waals surface area contributed by atoms with E-state index in [0.29, 0.717) is 5.69 Å². The van der Waals surface area contributed by atoms with Crippen LogP contribution in [0.25, 0.3) is 0 Å². The Balaban J connectivity index is 1.57. The number of benzene rings is 1. The van der Waals surface area contributed by atoms with Crippen LogP contribution in [0.2, 0.25) is 0 Å². The zero-order valence-electron chi connectivity index (χ0n) is 16.5. The highest BCUT2D eigenvalue weighted by molar-refractivity contribution is 7.99. The fraction of sp³-hybridized carbons (Fsp3) is 0.500. The number of hydrogen-bond acceptors (Lipinski definition) is 8. The molecule has 16 heteroatoms. The summed E-state index contributed by atoms with van der Waals surface area (Å²) in [6.07, 6.45) is -2.99. The molecule has 3 rings (SSSR count). The summed E-state index contributed by atoms with van der Waals surface area (Å²) in [5.74, 6) is 1.33. The van der Waals surface area contributed by atoms with Gasteiger partial charge in [-0.05, 0) is 18.2 Å². The van der Waals surface area contributed by atoms with Crippen LogP contribution in [0.3, 0.4) is 0 Å². The second kappa shape index (κ2) is 10.4. The zero-order chi connectivity index (χ0) is 23.5. The van der Waals surface area contributed by atoms with Crippen LogP contribution in [0.1, 0.15) is 0 Å². The van der Waals surface area contributed by atoms with Crippen molar-refractivity contribution in [3.05, 3.63) is 24.0 Å². The van der Waals surface area contributed by atoms with Crippen LogP contribution in [0.15, 0.2) is 18.2 Å². The van der Waals surface area contributed by atoms with Crippen molar-refractivity contribution in [3.8, 4) is 0 Å². The minimum absolute atomic E-state index is 0.0310. The van der Waals surface area contributed by atoms with E-state index in [-0.39, 0.29) is 18.8 Å². The van der Waals surface area contributed by atoms with Gasteiger partial charge in [-0.2, -0.15) is 11.8 Å². The largest absolute Gasteiger partial charge is 0.442 e. The van der Waals surface area contributed by atoms with Gasteiger partial charge in [0.05, 0.1) is 24.5 Å². The third-order valence-corrected chi connectivity index (χ3v) is 8.55. The SMILES string of the molecule is O=C(NC[C@H]1CN(c2ccc(N3CCSCC3)c(F)c2)C(=O)O1)OC([PH](=O)O)P(=O)(O)O. The quantitative estimate of drug-likeness (QED) is 0.389. The van der Waals surface area contributed by atoms with Gasteiger partial charge in [-0.25, -0.2) is 14.0 Å². The minimum Gasteiger partial charge on any atom is -0.442 e. The van der Waals surface area contributed by atoms with E-state index in [1.54, 1.807) is 23.9 Å². The van der Waals surface area contributed by atoms with Crippen LogP contribution in [0.5, 0.6) is 0 Å². The highest BCUT2D eigenvalue weighted by atomic mass is 32.2. The van der Waals surface area contributed by atoms with Gasteiger partial charge < -0.3 is 34.4 Å². The second-order valence-corrected chi connectivity index (χ2v) is 11.5. The van der Waals surface area contributed by atoms with Crippen LogP contribution in [-0.2, 0) is 18.6 Å². The van der Waals surface area contributed by atoms with Crippen molar-refractivity contribution in [1.82, 2.24) is 5.32 Å². The molecule has 0 aromatic heterocycles. The van der Waals surface area contributed by atoms with E-state index < -0.39 is 45.3 Å². The van der Waals surface area contributed by atoms with Crippen LogP contribution >= 0.6 is 27.4 Å². The number of nitrogens with one attached hydrogen (secondary N) is 1. The number of nitrogens with zero attached hydrogens (tertiary/aromatic N) is 2. The normalized spacial score (nSPS) is 21.1. The maximum atomic E-state index is 14.6. The Hall–Kier alpha value is -1.82. The number of carbonyl (C=O) groups excluding carboxylic acids is 2. The number of thioether (sulfide) groups is 1. The Bertz CT molecular complexity index is 943. The molecule has 12 nitrogen and oxygen atoms in total. The molecule has 2 amide bonds. The minimum atomic E-state index is -5.15. The molecule has 2 fully saturated rings. The van der Waals surface area contributed by atoms with Crippen molar-refractivity contribution in [2.75, 3.05) is 47.5 Å². The number of cyclic esters (lactones) is 1. The van der Waals surface area contributed by atoms with Crippen molar-refractivity contribution in [1.29, 1.82) is 0 Å². The van der Waals surface area contributed by atoms with Gasteiger partial charge in [0.1, 0.15) is 11.9 Å². The summed E-state index contributed by atoms with van der Waals surface area (Å²) >= 11 is 1.80. The first-order chi connectivity index (χ1) is 15.1. The second-order valence-electron chi connectivity index (χ2n) is 6.92. The molecule has 1 aromatic rings. The number of alkyl carbamates (subject to hydrolysis) is 1. The highest BCUT2D eigenvalue weighted by Crippen LogP contribution is 2.52. The fourth-order valence-corrected chi connectivity index (χ4v) is 5.66. The van der Waals surface area contributed by atoms with Crippen molar-refractivity contribution in [2.45, 2.75) is 11.7 Å². The molecule has 3 atom stereocenters. The summed E-state index contributed by atoms with van der Waals surface area (Å²) in [5, 5.41) is 2.11. The number of carbonyl (C=O) groups is 2. The summed E-state index contributed by atoms with van der Waals surface area (Å²) in [6.45, 7) is 1.12. The number of rotatable bonds is 7. The number of anilines is 2. The van der Waals surface area contributed by atoms with E-state index >= 15 is 0 Å². The van der Waals surface area contributed by atoms with Crippen molar-refractivity contribution in [3.63, 3.8) is 0 Å². The third kappa shape index (κ3) is 6.15. The molecule has 2 unspecified atom stereocenters. The highest BCUT2D eigenvalue weighted by Gasteiger charge is 2.38. The molecule has 178 valence electrons. The molecule has 0 bridgehead atoms. The molecule has 32 heavy (non-hydrogen) atoms. The number of halogens is 1. The summed E-state index contributed by atoms with van der Waals surface area (Å²) in [7, 11) is -9.01. The topological polar surface area (TPSA) is 166 Å². The zero-order valence-corrected chi connectivity index (χ0v) is 19.3. The first-order valence-electron chi connectivity index (χ1n) is 9.39. The summed E-state index contributed by atoms with van der Waals surface area (Å²) < 4.78 is 46.2. The molecule has 1 aromatic carbocycles. The predicted octanol–water partition coefficient (Wildman–Crippen LogP) is 1.36. The molecule has 4 N–H and O–H groups in total. The maximum absolute atomic E-state index is 14.6. The van der Waals surface area contributed by atoms with Crippen LogP contribution in [-0.4, -0.2) is 76.2 Å². The van der Waals surface area contributed by atoms with Gasteiger partial charge in [0.25, 0.3) is 5.59 Å². The average Bonchev–Trinajstić information content (AvgIpc) is 3.10. The van der Waals surface area contributed by atoms with Gasteiger partial charge in [0.15, 0.2) is 0 Å². The maximum Gasteiger partial charge on any atom is 0.414 e. The standard InChI is InChI=1S/C16H22FN3O9P2S/c17-12-7-10(1-2-13(12)19-3-5-32-6-4-19)20-9-11(28-15(20)22)8-18-14(21)29-16(30(23)24)31(25,26)27/h1-2,7,11,16,30H,3-6,8-9H2,(H,18,21)(H,23,24)(H2,25,26,27)/t11-,16?/m0/s1.